The fraction of sp³-hybridized carbons (Fsp3) is 0.500. The van der Waals surface area contributed by atoms with Crippen LogP contribution in [0.2, 0.25) is 0 Å². The van der Waals surface area contributed by atoms with Crippen LogP contribution in [0, 0.1) is 10.1 Å². The average molecular weight is 275 g/mol. The van der Waals surface area contributed by atoms with Crippen LogP contribution in [-0.4, -0.2) is 46.9 Å². The van der Waals surface area contributed by atoms with Gasteiger partial charge in [-0.25, -0.2) is 4.98 Å². The predicted octanol–water partition coefficient (Wildman–Crippen LogP) is 0.779. The third-order valence-corrected chi connectivity index (χ3v) is 3.00. The first-order chi connectivity index (χ1) is 8.09. The molecule has 1 atom stereocenters. The Hall–Kier alpha value is -1.60. The van der Waals surface area contributed by atoms with Crippen LogP contribution in [-0.2, 0) is 0 Å². The van der Waals surface area contributed by atoms with Crippen molar-refractivity contribution in [1.29, 1.82) is 0 Å². The second kappa shape index (κ2) is 5.83. The highest BCUT2D eigenvalue weighted by atomic mass is 35.5. The van der Waals surface area contributed by atoms with Crippen LogP contribution in [0.5, 0.6) is 0 Å². The monoisotopic (exact) mass is 274 g/mol. The van der Waals surface area contributed by atoms with Gasteiger partial charge in [0.15, 0.2) is 5.69 Å². The van der Waals surface area contributed by atoms with Crippen molar-refractivity contribution in [1.82, 2.24) is 15.2 Å². The quantitative estimate of drug-likeness (QED) is 0.629. The molecule has 1 unspecified atom stereocenters. The summed E-state index contributed by atoms with van der Waals surface area (Å²) >= 11 is 0. The number of nitro groups is 1. The van der Waals surface area contributed by atoms with Gasteiger partial charge in [0.05, 0.1) is 0 Å². The molecule has 1 saturated heterocycles. The van der Waals surface area contributed by atoms with E-state index in [-0.39, 0.29) is 35.9 Å². The number of aromatic amines is 1. The molecule has 2 N–H and O–H groups in total. The Bertz CT molecular complexity index is 442. The number of carbonyl (C=O) groups excluding carboxylic acids is 1. The molecule has 0 spiro atoms. The summed E-state index contributed by atoms with van der Waals surface area (Å²) in [5.41, 5.74) is 0.256. The van der Waals surface area contributed by atoms with Gasteiger partial charge in [-0.15, -0.1) is 12.4 Å². The van der Waals surface area contributed by atoms with Gasteiger partial charge in [-0.3, -0.25) is 4.79 Å². The third-order valence-electron chi connectivity index (χ3n) is 3.00. The summed E-state index contributed by atoms with van der Waals surface area (Å²) < 4.78 is 0. The second-order valence-corrected chi connectivity index (χ2v) is 4.08. The highest BCUT2D eigenvalue weighted by Crippen LogP contribution is 2.14. The normalized spacial score (nSPS) is 18.2. The summed E-state index contributed by atoms with van der Waals surface area (Å²) in [4.78, 5) is 26.1. The van der Waals surface area contributed by atoms with Gasteiger partial charge in [0.25, 0.3) is 5.91 Å². The van der Waals surface area contributed by atoms with E-state index in [2.05, 4.69) is 10.3 Å². The van der Waals surface area contributed by atoms with E-state index in [1.807, 2.05) is 0 Å². The van der Waals surface area contributed by atoms with E-state index in [1.165, 1.54) is 12.1 Å². The summed E-state index contributed by atoms with van der Waals surface area (Å²) in [5.74, 6) is -0.377. The number of likely N-dealkylation sites (N-methyl/N-ethyl adjacent to an activating group) is 1. The Morgan fingerprint density at radius 1 is 1.56 bits per heavy atom. The third kappa shape index (κ3) is 2.80. The lowest BCUT2D eigenvalue weighted by atomic mass is 10.2. The van der Waals surface area contributed by atoms with Crippen molar-refractivity contribution in [2.75, 3.05) is 20.1 Å². The number of amides is 1. The van der Waals surface area contributed by atoms with Gasteiger partial charge in [0, 0.05) is 25.7 Å². The van der Waals surface area contributed by atoms with E-state index in [1.54, 1.807) is 11.9 Å². The van der Waals surface area contributed by atoms with E-state index < -0.39 is 4.92 Å². The summed E-state index contributed by atoms with van der Waals surface area (Å²) in [7, 11) is 1.71. The number of hydrogen-bond donors (Lipinski definition) is 2. The number of carbonyl (C=O) groups is 1. The number of H-pyrrole nitrogens is 1. The molecule has 0 aliphatic carbocycles. The number of hydrogen-bond acceptors (Lipinski definition) is 4. The first-order valence-electron chi connectivity index (χ1n) is 5.41. The number of aromatic nitrogens is 1. The Balaban J connectivity index is 0.00000162. The molecule has 1 aromatic heterocycles. The molecule has 18 heavy (non-hydrogen) atoms. The first kappa shape index (κ1) is 14.5. The first-order valence-corrected chi connectivity index (χ1v) is 5.41. The van der Waals surface area contributed by atoms with Crippen LogP contribution in [0.1, 0.15) is 16.9 Å². The molecule has 1 fully saturated rings. The smallest absolute Gasteiger partial charge is 0.321 e. The van der Waals surface area contributed by atoms with Crippen LogP contribution in [0.3, 0.4) is 0 Å². The van der Waals surface area contributed by atoms with E-state index in [0.29, 0.717) is 0 Å². The minimum Gasteiger partial charge on any atom is -0.358 e. The molecule has 0 saturated carbocycles. The lowest BCUT2D eigenvalue weighted by Crippen LogP contribution is -2.38. The van der Waals surface area contributed by atoms with Crippen molar-refractivity contribution in [3.05, 3.63) is 27.9 Å². The topological polar surface area (TPSA) is 91.3 Å². The van der Waals surface area contributed by atoms with Gasteiger partial charge in [0.1, 0.15) is 0 Å². The van der Waals surface area contributed by atoms with Crippen LogP contribution in [0.4, 0.5) is 5.82 Å². The molecule has 1 amide bonds. The van der Waals surface area contributed by atoms with Gasteiger partial charge in [-0.1, -0.05) is 0 Å². The van der Waals surface area contributed by atoms with Crippen LogP contribution in [0.15, 0.2) is 12.1 Å². The van der Waals surface area contributed by atoms with Gasteiger partial charge >= 0.3 is 5.82 Å². The molecule has 0 radical (unpaired) electrons. The van der Waals surface area contributed by atoms with Crippen molar-refractivity contribution < 1.29 is 9.72 Å². The summed E-state index contributed by atoms with van der Waals surface area (Å²) in [5, 5.41) is 13.7. The highest BCUT2D eigenvalue weighted by Gasteiger charge is 2.26. The number of halogens is 1. The van der Waals surface area contributed by atoms with E-state index in [0.717, 1.165) is 19.5 Å². The Labute approximate surface area is 110 Å². The average Bonchev–Trinajstić information content (AvgIpc) is 2.97. The molecule has 2 heterocycles. The van der Waals surface area contributed by atoms with Crippen LogP contribution in [0.25, 0.3) is 0 Å². The minimum absolute atomic E-state index is 0. The van der Waals surface area contributed by atoms with Crippen molar-refractivity contribution in [2.45, 2.75) is 12.5 Å². The molecular weight excluding hydrogens is 260 g/mol. The lowest BCUT2D eigenvalue weighted by molar-refractivity contribution is -0.389. The maximum Gasteiger partial charge on any atom is 0.321 e. The Morgan fingerprint density at radius 3 is 2.78 bits per heavy atom. The largest absolute Gasteiger partial charge is 0.358 e. The van der Waals surface area contributed by atoms with Crippen LogP contribution >= 0.6 is 12.4 Å². The zero-order valence-electron chi connectivity index (χ0n) is 9.88. The van der Waals surface area contributed by atoms with Gasteiger partial charge in [-0.2, -0.15) is 0 Å². The molecule has 8 heteroatoms. The molecular formula is C10H15ClN4O3. The summed E-state index contributed by atoms with van der Waals surface area (Å²) in [6.07, 6.45) is 0.908. The van der Waals surface area contributed by atoms with Crippen LogP contribution < -0.4 is 5.32 Å². The Morgan fingerprint density at radius 2 is 2.28 bits per heavy atom. The zero-order chi connectivity index (χ0) is 12.4. The molecule has 1 aliphatic heterocycles. The van der Waals surface area contributed by atoms with Gasteiger partial charge < -0.3 is 20.3 Å². The minimum atomic E-state index is -0.548. The predicted molar refractivity (Wildman–Crippen MR) is 68.1 cm³/mol. The van der Waals surface area contributed by atoms with Gasteiger partial charge in [-0.05, 0) is 24.0 Å². The number of rotatable bonds is 3. The molecule has 7 nitrogen and oxygen atoms in total. The SMILES string of the molecule is CN(C(=O)c1ccc([N+](=O)[O-])[nH]1)C1CCNC1.Cl. The fourth-order valence-electron chi connectivity index (χ4n) is 1.94. The summed E-state index contributed by atoms with van der Waals surface area (Å²) in [6, 6.07) is 2.90. The van der Waals surface area contributed by atoms with Crippen molar-refractivity contribution in [3.63, 3.8) is 0 Å². The van der Waals surface area contributed by atoms with E-state index >= 15 is 0 Å². The van der Waals surface area contributed by atoms with E-state index in [4.69, 9.17) is 0 Å². The maximum atomic E-state index is 12.0. The number of nitrogens with zero attached hydrogens (tertiary/aromatic N) is 2. The fourth-order valence-corrected chi connectivity index (χ4v) is 1.94. The van der Waals surface area contributed by atoms with Crippen molar-refractivity contribution in [3.8, 4) is 0 Å². The zero-order valence-corrected chi connectivity index (χ0v) is 10.7. The highest BCUT2D eigenvalue weighted by molar-refractivity contribution is 5.93. The maximum absolute atomic E-state index is 12.0. The van der Waals surface area contributed by atoms with Crippen molar-refractivity contribution >= 4 is 24.1 Å². The lowest BCUT2D eigenvalue weighted by Gasteiger charge is -2.22. The second-order valence-electron chi connectivity index (χ2n) is 4.08. The van der Waals surface area contributed by atoms with Gasteiger partial charge in [0.2, 0.25) is 0 Å². The molecule has 0 aromatic carbocycles. The molecule has 1 aliphatic rings. The molecule has 100 valence electrons. The van der Waals surface area contributed by atoms with Crippen molar-refractivity contribution in [2.24, 2.45) is 0 Å². The number of nitrogens with one attached hydrogen (secondary N) is 2. The Kier molecular flexibility index (Phi) is 4.69. The molecule has 1 aromatic rings. The van der Waals surface area contributed by atoms with E-state index in [9.17, 15) is 14.9 Å². The summed E-state index contributed by atoms with van der Waals surface area (Å²) in [6.45, 7) is 1.66. The molecule has 0 bridgehead atoms. The molecule has 2 rings (SSSR count). The standard InChI is InChI=1S/C10H14N4O3.ClH/c1-13(7-4-5-11-6-7)10(15)8-2-3-9(12-8)14(16)17;/h2-3,7,11-12H,4-6H2,1H3;1H.